The third-order valence-corrected chi connectivity index (χ3v) is 5.42. The van der Waals surface area contributed by atoms with Crippen LogP contribution in [0.25, 0.3) is 10.9 Å². The number of halogens is 2. The van der Waals surface area contributed by atoms with Gasteiger partial charge in [-0.05, 0) is 49.2 Å². The fourth-order valence-corrected chi connectivity index (χ4v) is 3.68. The lowest BCUT2D eigenvalue weighted by molar-refractivity contribution is -0.140. The number of aromatic amines is 1. The number of carbonyl (C=O) groups excluding carboxylic acids is 1. The van der Waals surface area contributed by atoms with Gasteiger partial charge in [0.2, 0.25) is 0 Å². The average molecular weight is 502 g/mol. The minimum Gasteiger partial charge on any atom is -0.481 e. The van der Waals surface area contributed by atoms with Gasteiger partial charge >= 0.3 is 11.9 Å². The Balaban J connectivity index is 1.82. The Morgan fingerprint density at radius 3 is 2.56 bits per heavy atom. The molecule has 0 radical (unpaired) electrons. The van der Waals surface area contributed by atoms with Crippen molar-refractivity contribution in [1.82, 2.24) is 15.3 Å². The lowest BCUT2D eigenvalue weighted by Crippen LogP contribution is -2.41. The Kier molecular flexibility index (Phi) is 8.30. The highest BCUT2D eigenvalue weighted by Crippen LogP contribution is 2.24. The summed E-state index contributed by atoms with van der Waals surface area (Å²) >= 11 is 0. The largest absolute Gasteiger partial charge is 0.481 e. The molecular formula is C24H24F2N4O6. The summed E-state index contributed by atoms with van der Waals surface area (Å²) in [5, 5.41) is 20.4. The number of aromatic nitrogens is 2. The van der Waals surface area contributed by atoms with E-state index in [0.717, 1.165) is 6.07 Å². The smallest absolute Gasteiger partial charge is 0.326 e. The van der Waals surface area contributed by atoms with Gasteiger partial charge in [0.25, 0.3) is 11.5 Å². The summed E-state index contributed by atoms with van der Waals surface area (Å²) in [5.74, 6) is -3.92. The van der Waals surface area contributed by atoms with E-state index in [4.69, 9.17) is 5.11 Å². The molecule has 190 valence electrons. The lowest BCUT2D eigenvalue weighted by atomic mass is 10.1. The third kappa shape index (κ3) is 6.40. The predicted molar refractivity (Wildman–Crippen MR) is 126 cm³/mol. The van der Waals surface area contributed by atoms with E-state index in [1.54, 1.807) is 25.1 Å². The van der Waals surface area contributed by atoms with Gasteiger partial charge in [0.05, 0.1) is 16.6 Å². The van der Waals surface area contributed by atoms with Crippen LogP contribution in [-0.4, -0.2) is 57.3 Å². The zero-order valence-corrected chi connectivity index (χ0v) is 19.3. The molecule has 1 atom stereocenters. The number of benzene rings is 2. The molecule has 0 aliphatic heterocycles. The number of anilines is 1. The first-order valence-electron chi connectivity index (χ1n) is 10.9. The van der Waals surface area contributed by atoms with Crippen molar-refractivity contribution in [1.29, 1.82) is 0 Å². The van der Waals surface area contributed by atoms with Crippen LogP contribution in [0, 0.1) is 12.7 Å². The topological polar surface area (TPSA) is 153 Å². The van der Waals surface area contributed by atoms with E-state index in [1.807, 2.05) is 0 Å². The Morgan fingerprint density at radius 1 is 1.17 bits per heavy atom. The number of hydrogen-bond acceptors (Lipinski definition) is 6. The zero-order valence-electron chi connectivity index (χ0n) is 19.3. The normalized spacial score (nSPS) is 11.8. The summed E-state index contributed by atoms with van der Waals surface area (Å²) < 4.78 is 28.3. The Morgan fingerprint density at radius 2 is 1.92 bits per heavy atom. The molecule has 0 aliphatic rings. The number of carbonyl (C=O) groups is 3. The van der Waals surface area contributed by atoms with Gasteiger partial charge in [-0.15, -0.1) is 0 Å². The van der Waals surface area contributed by atoms with Crippen LogP contribution in [0.4, 0.5) is 14.5 Å². The number of nitrogens with zero attached hydrogens (tertiary/aromatic N) is 2. The molecule has 0 aliphatic carbocycles. The van der Waals surface area contributed by atoms with Crippen molar-refractivity contribution in [2.24, 2.45) is 0 Å². The molecule has 3 aromatic rings. The van der Waals surface area contributed by atoms with Crippen molar-refractivity contribution in [3.63, 3.8) is 0 Å². The van der Waals surface area contributed by atoms with Gasteiger partial charge in [0.15, 0.2) is 0 Å². The predicted octanol–water partition coefficient (Wildman–Crippen LogP) is 2.39. The Bertz CT molecular complexity index is 1360. The van der Waals surface area contributed by atoms with Gasteiger partial charge in [0, 0.05) is 25.1 Å². The summed E-state index contributed by atoms with van der Waals surface area (Å²) in [4.78, 5) is 54.9. The summed E-state index contributed by atoms with van der Waals surface area (Å²) in [6.45, 7) is 0.758. The molecule has 0 bridgehead atoms. The van der Waals surface area contributed by atoms with Gasteiger partial charge in [-0.1, -0.05) is 6.07 Å². The minimum absolute atomic E-state index is 0.000833. The number of alkyl halides is 1. The van der Waals surface area contributed by atoms with Gasteiger partial charge in [-0.2, -0.15) is 0 Å². The number of amides is 1. The summed E-state index contributed by atoms with van der Waals surface area (Å²) in [6, 6.07) is 6.89. The molecule has 0 saturated heterocycles. The number of carboxylic acid groups (broad SMARTS) is 2. The van der Waals surface area contributed by atoms with Crippen LogP contribution in [0.2, 0.25) is 0 Å². The number of aliphatic carboxylic acids is 2. The molecule has 1 amide bonds. The lowest BCUT2D eigenvalue weighted by Gasteiger charge is -2.25. The summed E-state index contributed by atoms with van der Waals surface area (Å²) in [7, 11) is 0. The van der Waals surface area contributed by atoms with Crippen molar-refractivity contribution in [3.05, 3.63) is 69.5 Å². The fraction of sp³-hybridized carbons (Fsp3) is 0.292. The van der Waals surface area contributed by atoms with Crippen LogP contribution in [0.1, 0.15) is 34.6 Å². The standard InChI is InChI=1S/C24H24F2N4O6/c1-13-27-18-4-2-14(10-16(18)23(34)28-13)12-30(9-8-25)20-6-3-15(11-17(20)26)22(33)29-19(24(35)36)5-7-21(31)32/h2-4,6,10-11,19H,5,7-9,12H2,1H3,(H,29,33)(H,31,32)(H,35,36)(H,27,28,34)/t19-/m0/s1. The van der Waals surface area contributed by atoms with E-state index in [2.05, 4.69) is 15.3 Å². The van der Waals surface area contributed by atoms with Crippen molar-refractivity contribution >= 4 is 34.4 Å². The molecule has 1 aromatic heterocycles. The van der Waals surface area contributed by atoms with Crippen LogP contribution in [0.15, 0.2) is 41.2 Å². The van der Waals surface area contributed by atoms with E-state index < -0.39 is 42.8 Å². The molecule has 4 N–H and O–H groups in total. The third-order valence-electron chi connectivity index (χ3n) is 5.42. The quantitative estimate of drug-likeness (QED) is 0.312. The fourth-order valence-electron chi connectivity index (χ4n) is 3.68. The van der Waals surface area contributed by atoms with Gasteiger partial charge in [-0.3, -0.25) is 14.4 Å². The molecule has 0 saturated carbocycles. The minimum atomic E-state index is -1.46. The number of rotatable bonds is 11. The van der Waals surface area contributed by atoms with Crippen molar-refractivity contribution in [2.75, 3.05) is 18.1 Å². The van der Waals surface area contributed by atoms with E-state index in [-0.39, 0.29) is 36.3 Å². The first kappa shape index (κ1) is 26.3. The molecule has 0 spiro atoms. The maximum atomic E-state index is 15.0. The maximum absolute atomic E-state index is 15.0. The van der Waals surface area contributed by atoms with Gasteiger partial charge in [-0.25, -0.2) is 18.6 Å². The van der Waals surface area contributed by atoms with Gasteiger partial charge in [0.1, 0.15) is 24.4 Å². The Labute approximate surface area is 203 Å². The molecule has 12 heteroatoms. The molecule has 36 heavy (non-hydrogen) atoms. The number of H-pyrrole nitrogens is 1. The first-order valence-corrected chi connectivity index (χ1v) is 10.9. The molecule has 0 fully saturated rings. The number of aryl methyl sites for hydroxylation is 1. The van der Waals surface area contributed by atoms with Crippen molar-refractivity contribution < 1.29 is 33.4 Å². The number of hydrogen-bond donors (Lipinski definition) is 4. The monoisotopic (exact) mass is 502 g/mol. The summed E-state index contributed by atoms with van der Waals surface area (Å²) in [5.41, 5.74) is 0.580. The van der Waals surface area contributed by atoms with E-state index >= 15 is 0 Å². The second kappa shape index (κ2) is 11.4. The van der Waals surface area contributed by atoms with Crippen LogP contribution in [0.5, 0.6) is 0 Å². The van der Waals surface area contributed by atoms with E-state index in [1.165, 1.54) is 17.0 Å². The molecule has 3 rings (SSSR count). The highest BCUT2D eigenvalue weighted by Gasteiger charge is 2.23. The van der Waals surface area contributed by atoms with Crippen LogP contribution < -0.4 is 15.8 Å². The highest BCUT2D eigenvalue weighted by molar-refractivity contribution is 5.97. The first-order chi connectivity index (χ1) is 17.1. The second-order valence-electron chi connectivity index (χ2n) is 8.08. The van der Waals surface area contributed by atoms with Crippen molar-refractivity contribution in [3.8, 4) is 0 Å². The number of carboxylic acids is 2. The number of nitrogens with one attached hydrogen (secondary N) is 2. The molecule has 2 aromatic carbocycles. The van der Waals surface area contributed by atoms with Crippen LogP contribution in [-0.2, 0) is 16.1 Å². The summed E-state index contributed by atoms with van der Waals surface area (Å²) in [6.07, 6.45) is -0.815. The van der Waals surface area contributed by atoms with E-state index in [0.29, 0.717) is 22.3 Å². The Hall–Kier alpha value is -4.35. The van der Waals surface area contributed by atoms with Crippen LogP contribution in [0.3, 0.4) is 0 Å². The second-order valence-corrected chi connectivity index (χ2v) is 8.08. The molecule has 0 unspecified atom stereocenters. The molecular weight excluding hydrogens is 478 g/mol. The maximum Gasteiger partial charge on any atom is 0.326 e. The SMILES string of the molecule is Cc1nc2ccc(CN(CCF)c3ccc(C(=O)N[C@@H](CCC(=O)O)C(=O)O)cc3F)cc2c(=O)[nH]1. The van der Waals surface area contributed by atoms with Crippen molar-refractivity contribution in [2.45, 2.75) is 32.4 Å². The molecule has 1 heterocycles. The van der Waals surface area contributed by atoms with Crippen LogP contribution >= 0.6 is 0 Å². The van der Waals surface area contributed by atoms with E-state index in [9.17, 15) is 33.1 Å². The number of fused-ring (bicyclic) bond motifs is 1. The highest BCUT2D eigenvalue weighted by atomic mass is 19.1. The molecule has 10 nitrogen and oxygen atoms in total. The zero-order chi connectivity index (χ0) is 26.4. The average Bonchev–Trinajstić information content (AvgIpc) is 2.81. The van der Waals surface area contributed by atoms with Gasteiger partial charge < -0.3 is 25.4 Å².